The van der Waals surface area contributed by atoms with E-state index in [9.17, 15) is 9.18 Å². The number of anilines is 2. The monoisotopic (exact) mass is 355 g/mol. The Labute approximate surface area is 149 Å². The number of carbonyl (C=O) groups is 1. The number of aromatic nitrogens is 1. The predicted molar refractivity (Wildman–Crippen MR) is 96.5 cm³/mol. The highest BCUT2D eigenvalue weighted by Crippen LogP contribution is 2.23. The van der Waals surface area contributed by atoms with E-state index in [1.807, 2.05) is 30.3 Å². The van der Waals surface area contributed by atoms with E-state index in [4.69, 9.17) is 11.6 Å². The second-order valence-electron chi connectivity index (χ2n) is 5.32. The molecule has 0 aliphatic carbocycles. The second kappa shape index (κ2) is 7.77. The lowest BCUT2D eigenvalue weighted by molar-refractivity contribution is 0.0951. The summed E-state index contributed by atoms with van der Waals surface area (Å²) in [6, 6.07) is 17.2. The van der Waals surface area contributed by atoms with Crippen molar-refractivity contribution < 1.29 is 9.18 Å². The molecule has 1 amide bonds. The van der Waals surface area contributed by atoms with E-state index in [1.165, 1.54) is 18.2 Å². The van der Waals surface area contributed by atoms with Gasteiger partial charge in [0.05, 0.1) is 10.6 Å². The highest BCUT2D eigenvalue weighted by atomic mass is 35.5. The van der Waals surface area contributed by atoms with Gasteiger partial charge in [0, 0.05) is 18.4 Å². The first-order valence-corrected chi connectivity index (χ1v) is 8.00. The lowest BCUT2D eigenvalue weighted by atomic mass is 10.2. The Morgan fingerprint density at radius 1 is 1.08 bits per heavy atom. The molecule has 2 aromatic carbocycles. The van der Waals surface area contributed by atoms with Crippen molar-refractivity contribution in [1.29, 1.82) is 0 Å². The van der Waals surface area contributed by atoms with Crippen LogP contribution < -0.4 is 10.6 Å². The average molecular weight is 356 g/mol. The summed E-state index contributed by atoms with van der Waals surface area (Å²) in [7, 11) is 0. The fourth-order valence-corrected chi connectivity index (χ4v) is 2.45. The molecule has 1 heterocycles. The number of hydrogen-bond donors (Lipinski definition) is 2. The zero-order valence-corrected chi connectivity index (χ0v) is 13.9. The number of hydrogen-bond acceptors (Lipinski definition) is 3. The van der Waals surface area contributed by atoms with Gasteiger partial charge in [-0.1, -0.05) is 41.9 Å². The highest BCUT2D eigenvalue weighted by Gasteiger charge is 2.13. The molecule has 25 heavy (non-hydrogen) atoms. The smallest absolute Gasteiger partial charge is 0.255 e. The zero-order chi connectivity index (χ0) is 17.6. The van der Waals surface area contributed by atoms with Crippen LogP contribution in [0.2, 0.25) is 5.02 Å². The summed E-state index contributed by atoms with van der Waals surface area (Å²) in [4.78, 5) is 16.7. The van der Waals surface area contributed by atoms with Crippen molar-refractivity contribution >= 4 is 29.0 Å². The van der Waals surface area contributed by atoms with Crippen molar-refractivity contribution in [3.63, 3.8) is 0 Å². The van der Waals surface area contributed by atoms with Gasteiger partial charge >= 0.3 is 0 Å². The van der Waals surface area contributed by atoms with Crippen LogP contribution >= 0.6 is 11.6 Å². The molecule has 0 unspecified atom stereocenters. The van der Waals surface area contributed by atoms with Gasteiger partial charge in [-0.05, 0) is 35.9 Å². The number of carbonyl (C=O) groups excluding carboxylic acids is 1. The maximum Gasteiger partial charge on any atom is 0.255 e. The first-order valence-electron chi connectivity index (χ1n) is 7.63. The third kappa shape index (κ3) is 4.33. The molecule has 0 aliphatic heterocycles. The molecule has 0 bridgehead atoms. The predicted octanol–water partition coefficient (Wildman–Crippen LogP) is 4.55. The molecule has 0 spiro atoms. The summed E-state index contributed by atoms with van der Waals surface area (Å²) in [5.41, 5.74) is 1.93. The molecule has 2 N–H and O–H groups in total. The molecular weight excluding hydrogens is 341 g/mol. The largest absolute Gasteiger partial charge is 0.348 e. The maximum atomic E-state index is 13.3. The van der Waals surface area contributed by atoms with Crippen LogP contribution in [0.4, 0.5) is 15.9 Å². The molecule has 0 aliphatic rings. The van der Waals surface area contributed by atoms with Crippen LogP contribution in [-0.2, 0) is 6.54 Å². The maximum absolute atomic E-state index is 13.3. The van der Waals surface area contributed by atoms with E-state index < -0.39 is 5.82 Å². The lowest BCUT2D eigenvalue weighted by Gasteiger charge is -2.11. The quantitative estimate of drug-likeness (QED) is 0.706. The number of rotatable bonds is 5. The van der Waals surface area contributed by atoms with Gasteiger partial charge in [0.15, 0.2) is 0 Å². The minimum Gasteiger partial charge on any atom is -0.348 e. The Morgan fingerprint density at radius 3 is 2.64 bits per heavy atom. The molecule has 126 valence electrons. The molecule has 6 heteroatoms. The molecule has 0 atom stereocenters. The van der Waals surface area contributed by atoms with E-state index in [0.29, 0.717) is 23.6 Å². The molecule has 0 saturated carbocycles. The van der Waals surface area contributed by atoms with Crippen molar-refractivity contribution in [1.82, 2.24) is 10.3 Å². The first-order chi connectivity index (χ1) is 12.1. The summed E-state index contributed by atoms with van der Waals surface area (Å²) in [5.74, 6) is -0.391. The van der Waals surface area contributed by atoms with Gasteiger partial charge < -0.3 is 10.6 Å². The van der Waals surface area contributed by atoms with Crippen LogP contribution in [0, 0.1) is 5.82 Å². The van der Waals surface area contributed by atoms with Gasteiger partial charge in [0.1, 0.15) is 11.6 Å². The van der Waals surface area contributed by atoms with Gasteiger partial charge in [-0.15, -0.1) is 0 Å². The molecule has 0 fully saturated rings. The number of benzene rings is 2. The number of nitrogens with zero attached hydrogens (tertiary/aromatic N) is 1. The summed E-state index contributed by atoms with van der Waals surface area (Å²) < 4.78 is 13.3. The van der Waals surface area contributed by atoms with Gasteiger partial charge in [0.2, 0.25) is 0 Å². The fraction of sp³-hybridized carbons (Fsp3) is 0.0526. The van der Waals surface area contributed by atoms with E-state index in [1.54, 1.807) is 18.3 Å². The number of amides is 1. The fourth-order valence-electron chi connectivity index (χ4n) is 2.27. The van der Waals surface area contributed by atoms with E-state index >= 15 is 0 Å². The molecule has 3 aromatic rings. The van der Waals surface area contributed by atoms with Crippen LogP contribution in [0.15, 0.2) is 66.9 Å². The topological polar surface area (TPSA) is 54.0 Å². The van der Waals surface area contributed by atoms with Crippen molar-refractivity contribution in [3.8, 4) is 0 Å². The Kier molecular flexibility index (Phi) is 5.26. The minimum absolute atomic E-state index is 0.00369. The lowest BCUT2D eigenvalue weighted by Crippen LogP contribution is -2.24. The first kappa shape index (κ1) is 16.9. The average Bonchev–Trinajstić information content (AvgIpc) is 2.64. The van der Waals surface area contributed by atoms with Gasteiger partial charge in [-0.3, -0.25) is 4.79 Å². The van der Waals surface area contributed by atoms with Gasteiger partial charge in [0.25, 0.3) is 5.91 Å². The Morgan fingerprint density at radius 2 is 1.88 bits per heavy atom. The van der Waals surface area contributed by atoms with E-state index in [2.05, 4.69) is 15.6 Å². The van der Waals surface area contributed by atoms with E-state index in [-0.39, 0.29) is 10.9 Å². The van der Waals surface area contributed by atoms with Crippen molar-refractivity contribution in [2.75, 3.05) is 5.32 Å². The van der Waals surface area contributed by atoms with Crippen LogP contribution in [0.5, 0.6) is 0 Å². The Balaban J connectivity index is 1.75. The molecule has 0 saturated heterocycles. The van der Waals surface area contributed by atoms with Crippen molar-refractivity contribution in [2.24, 2.45) is 0 Å². The van der Waals surface area contributed by atoms with Crippen LogP contribution in [0.3, 0.4) is 0 Å². The van der Waals surface area contributed by atoms with Crippen molar-refractivity contribution in [2.45, 2.75) is 6.54 Å². The van der Waals surface area contributed by atoms with Gasteiger partial charge in [-0.2, -0.15) is 0 Å². The Bertz CT molecular complexity index is 887. The summed E-state index contributed by atoms with van der Waals surface area (Å²) >= 11 is 5.79. The molecular formula is C19H15ClFN3O. The summed E-state index contributed by atoms with van der Waals surface area (Å²) in [5, 5.41) is 5.85. The molecule has 4 nitrogen and oxygen atoms in total. The van der Waals surface area contributed by atoms with Crippen LogP contribution in [0.25, 0.3) is 0 Å². The third-order valence-electron chi connectivity index (χ3n) is 3.53. The zero-order valence-electron chi connectivity index (χ0n) is 13.2. The number of pyridine rings is 1. The second-order valence-corrected chi connectivity index (χ2v) is 5.73. The SMILES string of the molecule is O=C(NCc1ccccc1)c1cccnc1Nc1ccc(F)c(Cl)c1. The molecule has 1 aromatic heterocycles. The minimum atomic E-state index is -0.505. The normalized spacial score (nSPS) is 10.3. The number of halogens is 2. The van der Waals surface area contributed by atoms with Crippen LogP contribution in [0.1, 0.15) is 15.9 Å². The Hall–Kier alpha value is -2.92. The standard InChI is InChI=1S/C19H15ClFN3O/c20-16-11-14(8-9-17(16)21)24-18-15(7-4-10-22-18)19(25)23-12-13-5-2-1-3-6-13/h1-11H,12H2,(H,22,24)(H,23,25). The van der Waals surface area contributed by atoms with E-state index in [0.717, 1.165) is 5.56 Å². The summed E-state index contributed by atoms with van der Waals surface area (Å²) in [6.07, 6.45) is 1.57. The van der Waals surface area contributed by atoms with Gasteiger partial charge in [-0.25, -0.2) is 9.37 Å². The van der Waals surface area contributed by atoms with Crippen LogP contribution in [-0.4, -0.2) is 10.9 Å². The summed E-state index contributed by atoms with van der Waals surface area (Å²) in [6.45, 7) is 0.413. The molecule has 3 rings (SSSR count). The highest BCUT2D eigenvalue weighted by molar-refractivity contribution is 6.31. The third-order valence-corrected chi connectivity index (χ3v) is 3.82. The molecule has 0 radical (unpaired) electrons. The number of nitrogens with one attached hydrogen (secondary N) is 2. The van der Waals surface area contributed by atoms with Crippen molar-refractivity contribution in [3.05, 3.63) is 88.8 Å².